The van der Waals surface area contributed by atoms with Gasteiger partial charge >= 0.3 is 5.97 Å². The molecule has 0 spiro atoms. The molecule has 0 aliphatic rings. The number of hydrogen-bond acceptors (Lipinski definition) is 2. The molecule has 1 N–H and O–H groups in total. The van der Waals surface area contributed by atoms with Crippen LogP contribution in [0.15, 0.2) is 64.8 Å². The van der Waals surface area contributed by atoms with Gasteiger partial charge in [-0.1, -0.05) is 73.5 Å². The van der Waals surface area contributed by atoms with Gasteiger partial charge in [0.2, 0.25) is 0 Å². The Morgan fingerprint density at radius 3 is 2.52 bits per heavy atom. The summed E-state index contributed by atoms with van der Waals surface area (Å²) in [6.45, 7) is 2.68. The first-order valence-corrected chi connectivity index (χ1v) is 11.6. The lowest BCUT2D eigenvalue weighted by molar-refractivity contribution is -0.132. The van der Waals surface area contributed by atoms with E-state index in [9.17, 15) is 9.90 Å². The van der Waals surface area contributed by atoms with Gasteiger partial charge in [0, 0.05) is 17.0 Å². The molecule has 1 aromatic heterocycles. The second-order valence-electron chi connectivity index (χ2n) is 7.45. The van der Waals surface area contributed by atoms with Crippen molar-refractivity contribution in [3.63, 3.8) is 0 Å². The molecule has 0 saturated carbocycles. The molecule has 3 aromatic rings. The van der Waals surface area contributed by atoms with E-state index < -0.39 is 5.97 Å². The van der Waals surface area contributed by atoms with Gasteiger partial charge in [0.05, 0.1) is 12.2 Å². The largest absolute Gasteiger partial charge is 0.478 e. The van der Waals surface area contributed by atoms with Crippen molar-refractivity contribution in [3.05, 3.63) is 92.4 Å². The SMILES string of the molecule is CCCCc1nc(Br)c(/C=C(\CCc2ccccc2)C(=O)O)n1Cc1ccccc1Cl. The minimum atomic E-state index is -0.913. The summed E-state index contributed by atoms with van der Waals surface area (Å²) in [6, 6.07) is 17.6. The highest BCUT2D eigenvalue weighted by atomic mass is 79.9. The first kappa shape index (κ1) is 23.3. The van der Waals surface area contributed by atoms with Gasteiger partial charge in [-0.05, 0) is 58.5 Å². The van der Waals surface area contributed by atoms with Crippen molar-refractivity contribution in [1.82, 2.24) is 9.55 Å². The van der Waals surface area contributed by atoms with Crippen LogP contribution in [0.3, 0.4) is 0 Å². The molecule has 0 aliphatic carbocycles. The molecule has 31 heavy (non-hydrogen) atoms. The maximum atomic E-state index is 12.0. The number of aryl methyl sites for hydroxylation is 2. The van der Waals surface area contributed by atoms with Crippen LogP contribution in [0, 0.1) is 0 Å². The van der Waals surface area contributed by atoms with E-state index in [1.54, 1.807) is 6.08 Å². The summed E-state index contributed by atoms with van der Waals surface area (Å²) in [7, 11) is 0. The smallest absolute Gasteiger partial charge is 0.331 e. The Balaban J connectivity index is 1.97. The van der Waals surface area contributed by atoms with E-state index in [0.29, 0.717) is 34.6 Å². The monoisotopic (exact) mass is 500 g/mol. The standard InChI is InChI=1S/C25H26BrClN2O2/c1-2-3-13-23-28-24(26)22(29(23)17-20-11-7-8-12-21(20)27)16-19(25(30)31)15-14-18-9-5-4-6-10-18/h4-12,16H,2-3,13-15,17H2,1H3,(H,30,31)/b19-16+. The van der Waals surface area contributed by atoms with Crippen LogP contribution < -0.4 is 0 Å². The van der Waals surface area contributed by atoms with Crippen LogP contribution in [0.25, 0.3) is 6.08 Å². The Bertz CT molecular complexity index is 1060. The average Bonchev–Trinajstić information content (AvgIpc) is 3.05. The van der Waals surface area contributed by atoms with Gasteiger partial charge in [-0.2, -0.15) is 0 Å². The normalized spacial score (nSPS) is 11.6. The number of carboxylic acid groups (broad SMARTS) is 1. The average molecular weight is 502 g/mol. The predicted molar refractivity (Wildman–Crippen MR) is 129 cm³/mol. The van der Waals surface area contributed by atoms with Crippen LogP contribution in [-0.2, 0) is 24.2 Å². The Morgan fingerprint density at radius 1 is 1.13 bits per heavy atom. The van der Waals surface area contributed by atoms with Gasteiger partial charge in [0.25, 0.3) is 0 Å². The lowest BCUT2D eigenvalue weighted by Crippen LogP contribution is -2.09. The molecule has 0 radical (unpaired) electrons. The zero-order valence-electron chi connectivity index (χ0n) is 17.5. The van der Waals surface area contributed by atoms with Crippen molar-refractivity contribution in [2.24, 2.45) is 0 Å². The molecule has 0 unspecified atom stereocenters. The topological polar surface area (TPSA) is 55.1 Å². The molecule has 6 heteroatoms. The summed E-state index contributed by atoms with van der Waals surface area (Å²) >= 11 is 9.97. The number of halogens is 2. The second kappa shape index (κ2) is 11.3. The van der Waals surface area contributed by atoms with E-state index in [4.69, 9.17) is 16.6 Å². The van der Waals surface area contributed by atoms with Crippen molar-refractivity contribution in [3.8, 4) is 0 Å². The number of nitrogens with zero attached hydrogens (tertiary/aromatic N) is 2. The molecule has 162 valence electrons. The van der Waals surface area contributed by atoms with Crippen LogP contribution in [0.1, 0.15) is 48.8 Å². The molecular weight excluding hydrogens is 476 g/mol. The van der Waals surface area contributed by atoms with Gasteiger partial charge in [0.1, 0.15) is 10.4 Å². The van der Waals surface area contributed by atoms with Gasteiger partial charge in [-0.15, -0.1) is 0 Å². The van der Waals surface area contributed by atoms with E-state index >= 15 is 0 Å². The minimum absolute atomic E-state index is 0.354. The highest BCUT2D eigenvalue weighted by Gasteiger charge is 2.18. The number of benzene rings is 2. The summed E-state index contributed by atoms with van der Waals surface area (Å²) in [5.41, 5.74) is 3.20. The van der Waals surface area contributed by atoms with E-state index in [0.717, 1.165) is 41.9 Å². The highest BCUT2D eigenvalue weighted by molar-refractivity contribution is 9.10. The number of unbranched alkanes of at least 4 members (excludes halogenated alkanes) is 1. The van der Waals surface area contributed by atoms with Crippen molar-refractivity contribution >= 4 is 39.6 Å². The Hall–Kier alpha value is -2.37. The number of carboxylic acids is 1. The predicted octanol–water partition coefficient (Wildman–Crippen LogP) is 6.79. The van der Waals surface area contributed by atoms with E-state index in [-0.39, 0.29) is 0 Å². The summed E-state index contributed by atoms with van der Waals surface area (Å²) in [4.78, 5) is 16.7. The Morgan fingerprint density at radius 2 is 1.84 bits per heavy atom. The third-order valence-corrected chi connectivity index (χ3v) is 6.14. The Kier molecular flexibility index (Phi) is 8.50. The summed E-state index contributed by atoms with van der Waals surface area (Å²) < 4.78 is 2.73. The quantitative estimate of drug-likeness (QED) is 0.311. The van der Waals surface area contributed by atoms with Crippen molar-refractivity contribution < 1.29 is 9.90 Å². The van der Waals surface area contributed by atoms with Crippen LogP contribution in [0.2, 0.25) is 5.02 Å². The van der Waals surface area contributed by atoms with Crippen molar-refractivity contribution in [1.29, 1.82) is 0 Å². The summed E-state index contributed by atoms with van der Waals surface area (Å²) in [5, 5.41) is 10.5. The van der Waals surface area contributed by atoms with Crippen LogP contribution >= 0.6 is 27.5 Å². The lowest BCUT2D eigenvalue weighted by Gasteiger charge is -2.13. The first-order chi connectivity index (χ1) is 15.0. The molecule has 4 nitrogen and oxygen atoms in total. The van der Waals surface area contributed by atoms with E-state index in [2.05, 4.69) is 27.4 Å². The maximum Gasteiger partial charge on any atom is 0.331 e. The van der Waals surface area contributed by atoms with Gasteiger partial charge in [-0.25, -0.2) is 9.78 Å². The molecule has 3 rings (SSSR count). The number of aromatic nitrogens is 2. The maximum absolute atomic E-state index is 12.0. The third-order valence-electron chi connectivity index (χ3n) is 5.19. The van der Waals surface area contributed by atoms with Crippen LogP contribution in [0.5, 0.6) is 0 Å². The summed E-state index contributed by atoms with van der Waals surface area (Å²) in [5.74, 6) is 0.0103. The highest BCUT2D eigenvalue weighted by Crippen LogP contribution is 2.26. The lowest BCUT2D eigenvalue weighted by atomic mass is 10.0. The van der Waals surface area contributed by atoms with Gasteiger partial charge in [-0.3, -0.25) is 0 Å². The fourth-order valence-corrected chi connectivity index (χ4v) is 4.18. The van der Waals surface area contributed by atoms with Crippen LogP contribution in [-0.4, -0.2) is 20.6 Å². The molecular formula is C25H26BrClN2O2. The molecule has 0 saturated heterocycles. The van der Waals surface area contributed by atoms with Gasteiger partial charge in [0.15, 0.2) is 0 Å². The fourth-order valence-electron chi connectivity index (χ4n) is 3.45. The molecule has 0 aliphatic heterocycles. The summed E-state index contributed by atoms with van der Waals surface area (Å²) in [6.07, 6.45) is 5.73. The molecule has 0 bridgehead atoms. The van der Waals surface area contributed by atoms with Crippen molar-refractivity contribution in [2.45, 2.75) is 45.6 Å². The zero-order chi connectivity index (χ0) is 22.2. The number of aliphatic carboxylic acids is 1. The van der Waals surface area contributed by atoms with Crippen LogP contribution in [0.4, 0.5) is 0 Å². The molecule has 1 heterocycles. The van der Waals surface area contributed by atoms with Gasteiger partial charge < -0.3 is 9.67 Å². The van der Waals surface area contributed by atoms with E-state index in [1.807, 2.05) is 54.6 Å². The third kappa shape index (κ3) is 6.31. The minimum Gasteiger partial charge on any atom is -0.478 e. The first-order valence-electron chi connectivity index (χ1n) is 10.5. The molecule has 0 fully saturated rings. The number of carbonyl (C=O) groups is 1. The molecule has 0 atom stereocenters. The van der Waals surface area contributed by atoms with E-state index in [1.165, 1.54) is 0 Å². The Labute approximate surface area is 196 Å². The fraction of sp³-hybridized carbons (Fsp3) is 0.280. The second-order valence-corrected chi connectivity index (χ2v) is 8.60. The zero-order valence-corrected chi connectivity index (χ0v) is 19.9. The number of imidazole rings is 1. The molecule has 0 amide bonds. The number of hydrogen-bond donors (Lipinski definition) is 1. The molecule has 2 aromatic carbocycles. The van der Waals surface area contributed by atoms with Crippen molar-refractivity contribution in [2.75, 3.05) is 0 Å². The number of rotatable bonds is 10.